The van der Waals surface area contributed by atoms with Gasteiger partial charge >= 0.3 is 6.61 Å². The van der Waals surface area contributed by atoms with Crippen LogP contribution in [0.3, 0.4) is 0 Å². The molecule has 0 bridgehead atoms. The summed E-state index contributed by atoms with van der Waals surface area (Å²) < 4.78 is 29.9. The van der Waals surface area contributed by atoms with E-state index in [9.17, 15) is 18.9 Å². The van der Waals surface area contributed by atoms with Crippen LogP contribution in [0.2, 0.25) is 0 Å². The smallest absolute Gasteiger partial charge is 0.387 e. The number of nitro benzene ring substituents is 1. The number of rotatable bonds is 7. The lowest BCUT2D eigenvalue weighted by molar-refractivity contribution is -0.384. The van der Waals surface area contributed by atoms with Crippen LogP contribution < -0.4 is 20.3 Å². The number of guanidine groups is 1. The minimum atomic E-state index is -2.87. The van der Waals surface area contributed by atoms with E-state index in [-0.39, 0.29) is 17.5 Å². The Morgan fingerprint density at radius 3 is 2.70 bits per heavy atom. The van der Waals surface area contributed by atoms with Crippen LogP contribution in [0.25, 0.3) is 0 Å². The van der Waals surface area contributed by atoms with Crippen molar-refractivity contribution in [2.24, 2.45) is 4.99 Å². The van der Waals surface area contributed by atoms with Crippen LogP contribution in [0.4, 0.5) is 20.2 Å². The van der Waals surface area contributed by atoms with Gasteiger partial charge < -0.3 is 20.3 Å². The Balaban J connectivity index is 1.54. The first kappa shape index (κ1) is 21.3. The molecular formula is C20H23F2N5O3. The van der Waals surface area contributed by atoms with Crippen molar-refractivity contribution in [1.82, 2.24) is 10.6 Å². The molecule has 0 radical (unpaired) electrons. The summed E-state index contributed by atoms with van der Waals surface area (Å²) in [4.78, 5) is 16.5. The van der Waals surface area contributed by atoms with E-state index in [0.29, 0.717) is 31.3 Å². The number of nitrogens with zero attached hydrogens (tertiary/aromatic N) is 3. The molecule has 0 aromatic heterocycles. The first-order valence-corrected chi connectivity index (χ1v) is 9.45. The van der Waals surface area contributed by atoms with Crippen molar-refractivity contribution in [2.75, 3.05) is 25.0 Å². The number of anilines is 1. The van der Waals surface area contributed by atoms with E-state index in [2.05, 4.69) is 20.4 Å². The molecule has 1 saturated heterocycles. The van der Waals surface area contributed by atoms with Crippen molar-refractivity contribution in [3.05, 3.63) is 64.2 Å². The van der Waals surface area contributed by atoms with Gasteiger partial charge in [-0.1, -0.05) is 24.3 Å². The fourth-order valence-corrected chi connectivity index (χ4v) is 3.32. The third kappa shape index (κ3) is 5.56. The summed E-state index contributed by atoms with van der Waals surface area (Å²) in [5.41, 5.74) is 1.56. The van der Waals surface area contributed by atoms with Gasteiger partial charge in [0.05, 0.1) is 10.6 Å². The first-order valence-electron chi connectivity index (χ1n) is 9.45. The Hall–Kier alpha value is -3.43. The average molecular weight is 419 g/mol. The molecule has 2 aromatic carbocycles. The third-order valence-electron chi connectivity index (χ3n) is 4.78. The Kier molecular flexibility index (Phi) is 6.99. The molecular weight excluding hydrogens is 396 g/mol. The quantitative estimate of drug-likeness (QED) is 0.310. The normalized spacial score (nSPS) is 16.6. The topological polar surface area (TPSA) is 92.0 Å². The number of hydrogen-bond acceptors (Lipinski definition) is 5. The highest BCUT2D eigenvalue weighted by atomic mass is 19.3. The number of non-ortho nitro benzene ring substituents is 1. The van der Waals surface area contributed by atoms with E-state index >= 15 is 0 Å². The minimum Gasteiger partial charge on any atom is -0.433 e. The lowest BCUT2D eigenvalue weighted by Gasteiger charge is -2.22. The molecule has 1 unspecified atom stereocenters. The molecule has 2 N–H and O–H groups in total. The largest absolute Gasteiger partial charge is 0.433 e. The maximum atomic E-state index is 12.7. The van der Waals surface area contributed by atoms with Gasteiger partial charge in [-0.25, -0.2) is 0 Å². The maximum Gasteiger partial charge on any atom is 0.387 e. The predicted octanol–water partition coefficient (Wildman–Crippen LogP) is 3.14. The predicted molar refractivity (Wildman–Crippen MR) is 110 cm³/mol. The summed E-state index contributed by atoms with van der Waals surface area (Å²) in [6.45, 7) is -1.10. The zero-order valence-electron chi connectivity index (χ0n) is 16.4. The third-order valence-corrected chi connectivity index (χ3v) is 4.78. The second kappa shape index (κ2) is 9.86. The lowest BCUT2D eigenvalue weighted by atomic mass is 10.2. The average Bonchev–Trinajstić information content (AvgIpc) is 3.19. The SMILES string of the molecule is CN=C(NCc1ccc([N+](=O)[O-])cc1)NC1CCN(c2ccccc2OC(F)F)C1. The number of nitrogens with one attached hydrogen (secondary N) is 2. The molecule has 8 nitrogen and oxygen atoms in total. The van der Waals surface area contributed by atoms with Gasteiger partial charge in [-0.3, -0.25) is 15.1 Å². The highest BCUT2D eigenvalue weighted by Crippen LogP contribution is 2.31. The zero-order chi connectivity index (χ0) is 21.5. The number of nitro groups is 1. The van der Waals surface area contributed by atoms with Gasteiger partial charge in [-0.2, -0.15) is 8.78 Å². The van der Waals surface area contributed by atoms with Crippen LogP contribution in [-0.2, 0) is 6.54 Å². The molecule has 160 valence electrons. The van der Waals surface area contributed by atoms with Gasteiger partial charge in [0.2, 0.25) is 0 Å². The lowest BCUT2D eigenvalue weighted by Crippen LogP contribution is -2.44. The molecule has 1 aliphatic rings. The Morgan fingerprint density at radius 2 is 2.03 bits per heavy atom. The molecule has 0 amide bonds. The van der Waals surface area contributed by atoms with Crippen molar-refractivity contribution in [1.29, 1.82) is 0 Å². The van der Waals surface area contributed by atoms with E-state index in [1.165, 1.54) is 18.2 Å². The van der Waals surface area contributed by atoms with Crippen molar-refractivity contribution >= 4 is 17.3 Å². The van der Waals surface area contributed by atoms with Crippen LogP contribution >= 0.6 is 0 Å². The fourth-order valence-electron chi connectivity index (χ4n) is 3.32. The van der Waals surface area contributed by atoms with Gasteiger partial charge in [0.1, 0.15) is 5.75 Å². The summed E-state index contributed by atoms with van der Waals surface area (Å²) >= 11 is 0. The monoisotopic (exact) mass is 419 g/mol. The standard InChI is InChI=1S/C20H23F2N5O3/c1-23-20(24-12-14-6-8-16(9-7-14)27(28)29)25-15-10-11-26(13-15)17-4-2-3-5-18(17)30-19(21)22/h2-9,15,19H,10-13H2,1H3,(H2,23,24,25). The molecule has 3 rings (SSSR count). The van der Waals surface area contributed by atoms with Crippen LogP contribution in [0.5, 0.6) is 5.75 Å². The molecule has 10 heteroatoms. The molecule has 1 aliphatic heterocycles. The second-order valence-corrected chi connectivity index (χ2v) is 6.77. The van der Waals surface area contributed by atoms with Gasteiger partial charge in [-0.05, 0) is 24.1 Å². The number of aliphatic imine (C=N–C) groups is 1. The molecule has 1 heterocycles. The van der Waals surface area contributed by atoms with Crippen LogP contribution in [-0.4, -0.2) is 43.7 Å². The van der Waals surface area contributed by atoms with Gasteiger partial charge in [0.15, 0.2) is 5.96 Å². The van der Waals surface area contributed by atoms with Crippen molar-refractivity contribution in [3.8, 4) is 5.75 Å². The molecule has 1 fully saturated rings. The second-order valence-electron chi connectivity index (χ2n) is 6.77. The van der Waals surface area contributed by atoms with Gasteiger partial charge in [0.25, 0.3) is 5.69 Å². The number of para-hydroxylation sites is 2. The van der Waals surface area contributed by atoms with E-state index in [4.69, 9.17) is 0 Å². The Morgan fingerprint density at radius 1 is 1.30 bits per heavy atom. The molecule has 1 atom stereocenters. The number of hydrogen-bond donors (Lipinski definition) is 2. The summed E-state index contributed by atoms with van der Waals surface area (Å²) in [6, 6.07) is 13.1. The van der Waals surface area contributed by atoms with Crippen molar-refractivity contribution < 1.29 is 18.4 Å². The zero-order valence-corrected chi connectivity index (χ0v) is 16.4. The summed E-state index contributed by atoms with van der Waals surface area (Å²) in [5, 5.41) is 17.2. The number of halogens is 2. The molecule has 30 heavy (non-hydrogen) atoms. The van der Waals surface area contributed by atoms with E-state index in [1.54, 1.807) is 37.4 Å². The molecule has 0 saturated carbocycles. The first-order chi connectivity index (χ1) is 14.5. The van der Waals surface area contributed by atoms with E-state index < -0.39 is 11.5 Å². The van der Waals surface area contributed by atoms with Crippen molar-refractivity contribution in [2.45, 2.75) is 25.6 Å². The highest BCUT2D eigenvalue weighted by molar-refractivity contribution is 5.80. The minimum absolute atomic E-state index is 0.0448. The molecule has 2 aromatic rings. The molecule has 0 aliphatic carbocycles. The highest BCUT2D eigenvalue weighted by Gasteiger charge is 2.26. The van der Waals surface area contributed by atoms with Crippen LogP contribution in [0.1, 0.15) is 12.0 Å². The fraction of sp³-hybridized carbons (Fsp3) is 0.350. The van der Waals surface area contributed by atoms with Gasteiger partial charge in [0, 0.05) is 44.9 Å². The Labute approximate surface area is 172 Å². The Bertz CT molecular complexity index is 892. The number of benzene rings is 2. The number of ether oxygens (including phenoxy) is 1. The number of alkyl halides is 2. The summed E-state index contributed by atoms with van der Waals surface area (Å²) in [6.07, 6.45) is 0.807. The maximum absolute atomic E-state index is 12.7. The summed E-state index contributed by atoms with van der Waals surface area (Å²) in [5.74, 6) is 0.756. The van der Waals surface area contributed by atoms with Crippen LogP contribution in [0.15, 0.2) is 53.5 Å². The van der Waals surface area contributed by atoms with E-state index in [0.717, 1.165) is 12.0 Å². The van der Waals surface area contributed by atoms with Crippen molar-refractivity contribution in [3.63, 3.8) is 0 Å². The summed E-state index contributed by atoms with van der Waals surface area (Å²) in [7, 11) is 1.66. The van der Waals surface area contributed by atoms with Gasteiger partial charge in [-0.15, -0.1) is 0 Å². The van der Waals surface area contributed by atoms with E-state index in [1.807, 2.05) is 4.90 Å². The molecule has 0 spiro atoms. The van der Waals surface area contributed by atoms with Crippen LogP contribution in [0, 0.1) is 10.1 Å².